The summed E-state index contributed by atoms with van der Waals surface area (Å²) >= 11 is 0. The maximum absolute atomic E-state index is 13.1. The molecule has 1 saturated heterocycles. The van der Waals surface area contributed by atoms with Crippen molar-refractivity contribution in [3.8, 4) is 11.5 Å². The van der Waals surface area contributed by atoms with E-state index < -0.39 is 5.54 Å². The number of benzene rings is 2. The fraction of sp³-hybridized carbons (Fsp3) is 0.364. The van der Waals surface area contributed by atoms with Crippen LogP contribution in [0.2, 0.25) is 0 Å². The largest absolute Gasteiger partial charge is 0.497 e. The van der Waals surface area contributed by atoms with E-state index in [9.17, 15) is 9.59 Å². The molecule has 0 aromatic heterocycles. The minimum Gasteiger partial charge on any atom is -0.497 e. The highest BCUT2D eigenvalue weighted by molar-refractivity contribution is 5.99. The Morgan fingerprint density at radius 2 is 1.79 bits per heavy atom. The van der Waals surface area contributed by atoms with Crippen LogP contribution in [-0.4, -0.2) is 43.0 Å². The van der Waals surface area contributed by atoms with Crippen LogP contribution in [0.4, 0.5) is 11.4 Å². The molecule has 1 aliphatic rings. The van der Waals surface area contributed by atoms with Crippen molar-refractivity contribution in [1.29, 1.82) is 0 Å². The Hall–Kier alpha value is -3.06. The first-order chi connectivity index (χ1) is 13.9. The lowest BCUT2D eigenvalue weighted by Crippen LogP contribution is -2.63. The predicted octanol–water partition coefficient (Wildman–Crippen LogP) is 3.27. The highest BCUT2D eigenvalue weighted by atomic mass is 16.5. The second-order valence-corrected chi connectivity index (χ2v) is 7.34. The number of methoxy groups -OCH3 is 2. The van der Waals surface area contributed by atoms with Crippen LogP contribution in [0.15, 0.2) is 42.5 Å². The van der Waals surface area contributed by atoms with Gasteiger partial charge in [0, 0.05) is 31.8 Å². The quantitative estimate of drug-likeness (QED) is 0.750. The molecule has 1 atom stereocenters. The van der Waals surface area contributed by atoms with E-state index in [1.165, 1.54) is 6.92 Å². The zero-order valence-electron chi connectivity index (χ0n) is 17.2. The Bertz CT molecular complexity index is 897. The van der Waals surface area contributed by atoms with Crippen LogP contribution in [0.5, 0.6) is 11.5 Å². The summed E-state index contributed by atoms with van der Waals surface area (Å²) in [7, 11) is 3.15. The Labute approximate surface area is 171 Å². The topological polar surface area (TPSA) is 79.9 Å². The number of carbonyl (C=O) groups excluding carboxylic acids is 2. The third-order valence-corrected chi connectivity index (χ3v) is 5.36. The first-order valence-corrected chi connectivity index (χ1v) is 9.51. The predicted molar refractivity (Wildman–Crippen MR) is 112 cm³/mol. The number of nitrogens with zero attached hydrogens (tertiary/aromatic N) is 1. The summed E-state index contributed by atoms with van der Waals surface area (Å²) in [5.41, 5.74) is 1.82. The lowest BCUT2D eigenvalue weighted by molar-refractivity contribution is -0.136. The Morgan fingerprint density at radius 3 is 2.34 bits per heavy atom. The van der Waals surface area contributed by atoms with Crippen LogP contribution in [0.1, 0.15) is 25.8 Å². The third-order valence-electron chi connectivity index (χ3n) is 5.36. The maximum Gasteiger partial charge on any atom is 0.244 e. The van der Waals surface area contributed by atoms with Gasteiger partial charge in [-0.15, -0.1) is 0 Å². The molecule has 154 valence electrons. The molecule has 7 nitrogen and oxygen atoms in total. The van der Waals surface area contributed by atoms with Gasteiger partial charge in [-0.1, -0.05) is 12.1 Å². The van der Waals surface area contributed by atoms with Gasteiger partial charge in [-0.3, -0.25) is 14.5 Å². The SMILES string of the molecule is COc1ccc(OC)c(NC(=O)C2(C)CCN2Cc2ccc(NC(C)=O)cc2)c1. The van der Waals surface area contributed by atoms with Crippen LogP contribution >= 0.6 is 0 Å². The lowest BCUT2D eigenvalue weighted by Gasteiger charge is -2.49. The average Bonchev–Trinajstić information content (AvgIpc) is 2.71. The van der Waals surface area contributed by atoms with Gasteiger partial charge >= 0.3 is 0 Å². The van der Waals surface area contributed by atoms with E-state index in [0.29, 0.717) is 23.7 Å². The first kappa shape index (κ1) is 20.7. The number of anilines is 2. The molecule has 2 amide bonds. The average molecular weight is 397 g/mol. The van der Waals surface area contributed by atoms with E-state index in [1.807, 2.05) is 31.2 Å². The summed E-state index contributed by atoms with van der Waals surface area (Å²) in [4.78, 5) is 26.4. The number of amides is 2. The van der Waals surface area contributed by atoms with Crippen molar-refractivity contribution >= 4 is 23.2 Å². The van der Waals surface area contributed by atoms with Gasteiger partial charge < -0.3 is 20.1 Å². The van der Waals surface area contributed by atoms with Crippen molar-refractivity contribution < 1.29 is 19.1 Å². The summed E-state index contributed by atoms with van der Waals surface area (Å²) in [6.07, 6.45) is 0.773. The Morgan fingerprint density at radius 1 is 1.07 bits per heavy atom. The number of hydrogen-bond acceptors (Lipinski definition) is 5. The summed E-state index contributed by atoms with van der Waals surface area (Å²) in [6, 6.07) is 13.0. The molecule has 0 saturated carbocycles. The van der Waals surface area contributed by atoms with Crippen LogP contribution in [-0.2, 0) is 16.1 Å². The van der Waals surface area contributed by atoms with Crippen molar-refractivity contribution in [3.63, 3.8) is 0 Å². The number of likely N-dealkylation sites (tertiary alicyclic amines) is 1. The second kappa shape index (κ2) is 8.53. The standard InChI is InChI=1S/C22H27N3O4/c1-15(26)23-17-7-5-16(6-8-17)14-25-12-11-22(25,2)21(27)24-19-13-18(28-3)9-10-20(19)29-4/h5-10,13H,11-12,14H2,1-4H3,(H,23,26)(H,24,27). The molecule has 29 heavy (non-hydrogen) atoms. The van der Waals surface area contributed by atoms with Crippen molar-refractivity contribution in [2.75, 3.05) is 31.4 Å². The molecule has 2 N–H and O–H groups in total. The van der Waals surface area contributed by atoms with Crippen LogP contribution in [0, 0.1) is 0 Å². The van der Waals surface area contributed by atoms with Crippen molar-refractivity contribution in [2.24, 2.45) is 0 Å². The number of nitrogens with one attached hydrogen (secondary N) is 2. The molecule has 1 fully saturated rings. The zero-order valence-corrected chi connectivity index (χ0v) is 17.2. The molecule has 1 heterocycles. The number of rotatable bonds is 7. The van der Waals surface area contributed by atoms with Crippen LogP contribution < -0.4 is 20.1 Å². The van der Waals surface area contributed by atoms with E-state index >= 15 is 0 Å². The zero-order chi connectivity index (χ0) is 21.0. The minimum atomic E-state index is -0.607. The highest BCUT2D eigenvalue weighted by Gasteiger charge is 2.46. The van der Waals surface area contributed by atoms with E-state index in [0.717, 1.165) is 24.2 Å². The molecular formula is C22H27N3O4. The molecule has 0 aliphatic carbocycles. The number of carbonyl (C=O) groups is 2. The number of ether oxygens (including phenoxy) is 2. The summed E-state index contributed by atoms with van der Waals surface area (Å²) in [5, 5.41) is 5.75. The minimum absolute atomic E-state index is 0.0785. The van der Waals surface area contributed by atoms with Crippen molar-refractivity contribution in [3.05, 3.63) is 48.0 Å². The smallest absolute Gasteiger partial charge is 0.244 e. The van der Waals surface area contributed by atoms with Gasteiger partial charge in [-0.2, -0.15) is 0 Å². The van der Waals surface area contributed by atoms with Gasteiger partial charge in [0.05, 0.1) is 25.4 Å². The molecule has 0 spiro atoms. The lowest BCUT2D eigenvalue weighted by atomic mass is 9.85. The molecular weight excluding hydrogens is 370 g/mol. The second-order valence-electron chi connectivity index (χ2n) is 7.34. The van der Waals surface area contributed by atoms with Gasteiger partial charge in [0.1, 0.15) is 11.5 Å². The fourth-order valence-corrected chi connectivity index (χ4v) is 3.40. The Kier molecular flexibility index (Phi) is 6.08. The van der Waals surface area contributed by atoms with Gasteiger partial charge in [0.25, 0.3) is 0 Å². The first-order valence-electron chi connectivity index (χ1n) is 9.51. The highest BCUT2D eigenvalue weighted by Crippen LogP contribution is 2.35. The van der Waals surface area contributed by atoms with Gasteiger partial charge in [0.2, 0.25) is 11.8 Å². The monoisotopic (exact) mass is 397 g/mol. The van der Waals surface area contributed by atoms with Gasteiger partial charge in [0.15, 0.2) is 0 Å². The number of hydrogen-bond donors (Lipinski definition) is 2. The summed E-state index contributed by atoms with van der Waals surface area (Å²) < 4.78 is 10.6. The van der Waals surface area contributed by atoms with Gasteiger partial charge in [-0.25, -0.2) is 0 Å². The van der Waals surface area contributed by atoms with E-state index in [-0.39, 0.29) is 11.8 Å². The normalized spacial score (nSPS) is 18.5. The fourth-order valence-electron chi connectivity index (χ4n) is 3.40. The molecule has 2 aromatic rings. The van der Waals surface area contributed by atoms with Gasteiger partial charge in [-0.05, 0) is 43.2 Å². The van der Waals surface area contributed by atoms with E-state index in [1.54, 1.807) is 32.4 Å². The van der Waals surface area contributed by atoms with Crippen molar-refractivity contribution in [1.82, 2.24) is 4.90 Å². The summed E-state index contributed by atoms with van der Waals surface area (Å²) in [6.45, 7) is 4.92. The molecule has 0 bridgehead atoms. The molecule has 2 aromatic carbocycles. The molecule has 1 aliphatic heterocycles. The third kappa shape index (κ3) is 4.51. The van der Waals surface area contributed by atoms with Crippen molar-refractivity contribution in [2.45, 2.75) is 32.4 Å². The van der Waals surface area contributed by atoms with Crippen LogP contribution in [0.3, 0.4) is 0 Å². The van der Waals surface area contributed by atoms with E-state index in [2.05, 4.69) is 15.5 Å². The molecule has 3 rings (SSSR count). The molecule has 1 unspecified atom stereocenters. The summed E-state index contributed by atoms with van der Waals surface area (Å²) in [5.74, 6) is 1.06. The van der Waals surface area contributed by atoms with Crippen LogP contribution in [0.25, 0.3) is 0 Å². The molecule has 0 radical (unpaired) electrons. The Balaban J connectivity index is 1.69. The molecule has 7 heteroatoms. The maximum atomic E-state index is 13.1. The van der Waals surface area contributed by atoms with E-state index in [4.69, 9.17) is 9.47 Å².